The molecule has 1 aliphatic heterocycles. The molecule has 0 aliphatic carbocycles. The van der Waals surface area contributed by atoms with Gasteiger partial charge in [-0.15, -0.1) is 0 Å². The van der Waals surface area contributed by atoms with Crippen molar-refractivity contribution in [2.45, 2.75) is 32.4 Å². The number of ether oxygens (including phenoxy) is 1. The second-order valence-electron chi connectivity index (χ2n) is 7.75. The number of para-hydroxylation sites is 3. The van der Waals surface area contributed by atoms with Crippen molar-refractivity contribution in [3.8, 4) is 5.75 Å². The van der Waals surface area contributed by atoms with Crippen molar-refractivity contribution >= 4 is 23.2 Å². The van der Waals surface area contributed by atoms with Gasteiger partial charge >= 0.3 is 0 Å². The van der Waals surface area contributed by atoms with Gasteiger partial charge in [0.25, 0.3) is 5.91 Å². The van der Waals surface area contributed by atoms with E-state index in [0.29, 0.717) is 12.2 Å². The molecule has 0 fully saturated rings. The van der Waals surface area contributed by atoms with Crippen LogP contribution < -0.4 is 14.5 Å². The van der Waals surface area contributed by atoms with E-state index >= 15 is 0 Å². The van der Waals surface area contributed by atoms with E-state index in [1.807, 2.05) is 96.8 Å². The summed E-state index contributed by atoms with van der Waals surface area (Å²) < 4.78 is 5.71. The Morgan fingerprint density at radius 2 is 1.55 bits per heavy atom. The summed E-state index contributed by atoms with van der Waals surface area (Å²) in [4.78, 5) is 29.4. The zero-order valence-corrected chi connectivity index (χ0v) is 17.8. The van der Waals surface area contributed by atoms with Crippen LogP contribution in [0.5, 0.6) is 5.75 Å². The van der Waals surface area contributed by atoms with Crippen LogP contribution in [0.2, 0.25) is 0 Å². The van der Waals surface area contributed by atoms with E-state index in [9.17, 15) is 9.59 Å². The topological polar surface area (TPSA) is 49.9 Å². The van der Waals surface area contributed by atoms with Gasteiger partial charge in [-0.1, -0.05) is 54.6 Å². The molecule has 2 amide bonds. The third-order valence-corrected chi connectivity index (χ3v) is 5.62. The highest BCUT2D eigenvalue weighted by atomic mass is 16.5. The molecule has 0 N–H and O–H groups in total. The highest BCUT2D eigenvalue weighted by Crippen LogP contribution is 2.42. The van der Waals surface area contributed by atoms with Crippen molar-refractivity contribution in [1.82, 2.24) is 0 Å². The average Bonchev–Trinajstić information content (AvgIpc) is 2.79. The van der Waals surface area contributed by atoms with Gasteiger partial charge in [-0.25, -0.2) is 0 Å². The van der Waals surface area contributed by atoms with Crippen molar-refractivity contribution < 1.29 is 14.3 Å². The van der Waals surface area contributed by atoms with Gasteiger partial charge in [-0.3, -0.25) is 9.59 Å². The molecule has 0 spiro atoms. The molecule has 0 unspecified atom stereocenters. The number of anilines is 2. The third kappa shape index (κ3) is 4.31. The average molecular weight is 415 g/mol. The first kappa shape index (κ1) is 20.7. The normalized spacial score (nSPS) is 17.5. The molecule has 0 saturated heterocycles. The van der Waals surface area contributed by atoms with E-state index in [1.54, 1.807) is 11.8 Å². The third-order valence-electron chi connectivity index (χ3n) is 5.62. The maximum Gasteiger partial charge on any atom is 0.265 e. The van der Waals surface area contributed by atoms with E-state index in [4.69, 9.17) is 4.74 Å². The Balaban J connectivity index is 1.64. The van der Waals surface area contributed by atoms with Crippen molar-refractivity contribution in [2.24, 2.45) is 0 Å². The Hall–Kier alpha value is -3.60. The van der Waals surface area contributed by atoms with E-state index in [2.05, 4.69) is 0 Å². The van der Waals surface area contributed by atoms with Crippen LogP contribution in [-0.2, 0) is 9.59 Å². The number of benzene rings is 3. The van der Waals surface area contributed by atoms with Crippen LogP contribution >= 0.6 is 0 Å². The number of rotatable bonds is 5. The lowest BCUT2D eigenvalue weighted by molar-refractivity contribution is -0.121. The van der Waals surface area contributed by atoms with Crippen LogP contribution in [-0.4, -0.2) is 24.5 Å². The van der Waals surface area contributed by atoms with E-state index in [0.717, 1.165) is 16.9 Å². The molecule has 158 valence electrons. The second kappa shape index (κ2) is 9.04. The fraction of sp³-hybridized carbons (Fsp3) is 0.231. The van der Waals surface area contributed by atoms with Crippen LogP contribution in [0.15, 0.2) is 84.9 Å². The fourth-order valence-electron chi connectivity index (χ4n) is 4.31. The van der Waals surface area contributed by atoms with Crippen LogP contribution in [0.25, 0.3) is 0 Å². The summed E-state index contributed by atoms with van der Waals surface area (Å²) in [7, 11) is 0. The Labute approximate surface area is 182 Å². The number of amides is 2. The lowest BCUT2D eigenvalue weighted by Crippen LogP contribution is -2.48. The maximum atomic E-state index is 13.1. The van der Waals surface area contributed by atoms with Crippen molar-refractivity contribution in [3.05, 3.63) is 90.5 Å². The Morgan fingerprint density at radius 1 is 0.935 bits per heavy atom. The van der Waals surface area contributed by atoms with Gasteiger partial charge in [0.1, 0.15) is 5.75 Å². The minimum Gasteiger partial charge on any atom is -0.484 e. The van der Waals surface area contributed by atoms with Crippen LogP contribution in [0.4, 0.5) is 11.4 Å². The second-order valence-corrected chi connectivity index (χ2v) is 7.75. The zero-order chi connectivity index (χ0) is 21.8. The SMILES string of the molecule is CC(=O)N(c1ccccc1)[C@@H]1C[C@H](C)N(C(=O)COc2ccccc2)c2ccccc21. The molecule has 3 aromatic rings. The molecule has 31 heavy (non-hydrogen) atoms. The highest BCUT2D eigenvalue weighted by Gasteiger charge is 2.37. The number of fused-ring (bicyclic) bond motifs is 1. The molecule has 2 atom stereocenters. The van der Waals surface area contributed by atoms with Crippen LogP contribution in [0.1, 0.15) is 31.9 Å². The largest absolute Gasteiger partial charge is 0.484 e. The van der Waals surface area contributed by atoms with Gasteiger partial charge in [0.05, 0.1) is 6.04 Å². The van der Waals surface area contributed by atoms with Gasteiger partial charge in [0, 0.05) is 24.3 Å². The summed E-state index contributed by atoms with van der Waals surface area (Å²) in [6, 6.07) is 26.6. The maximum absolute atomic E-state index is 13.1. The molecule has 3 aromatic carbocycles. The molecular formula is C26H26N2O3. The predicted molar refractivity (Wildman–Crippen MR) is 122 cm³/mol. The smallest absolute Gasteiger partial charge is 0.265 e. The van der Waals surface area contributed by atoms with Crippen LogP contribution in [0.3, 0.4) is 0 Å². The lowest BCUT2D eigenvalue weighted by atomic mass is 9.90. The molecule has 4 rings (SSSR count). The van der Waals surface area contributed by atoms with Crippen LogP contribution in [0, 0.1) is 0 Å². The molecule has 1 aliphatic rings. The molecule has 0 aromatic heterocycles. The van der Waals surface area contributed by atoms with E-state index < -0.39 is 0 Å². The molecule has 0 saturated carbocycles. The van der Waals surface area contributed by atoms with E-state index in [-0.39, 0.29) is 30.5 Å². The number of carbonyl (C=O) groups is 2. The number of carbonyl (C=O) groups excluding carboxylic acids is 2. The molecule has 0 bridgehead atoms. The molecule has 1 heterocycles. The summed E-state index contributed by atoms with van der Waals surface area (Å²) in [6.45, 7) is 3.57. The lowest BCUT2D eigenvalue weighted by Gasteiger charge is -2.43. The number of hydrogen-bond acceptors (Lipinski definition) is 3. The molecule has 0 radical (unpaired) electrons. The summed E-state index contributed by atoms with van der Waals surface area (Å²) in [5.74, 6) is 0.542. The summed E-state index contributed by atoms with van der Waals surface area (Å²) in [5.41, 5.74) is 2.65. The number of hydrogen-bond donors (Lipinski definition) is 0. The van der Waals surface area contributed by atoms with Gasteiger partial charge < -0.3 is 14.5 Å². The Bertz CT molecular complexity index is 1050. The minimum absolute atomic E-state index is 0.0228. The van der Waals surface area contributed by atoms with Gasteiger partial charge in [-0.2, -0.15) is 0 Å². The van der Waals surface area contributed by atoms with Gasteiger partial charge in [0.2, 0.25) is 5.91 Å². The highest BCUT2D eigenvalue weighted by molar-refractivity contribution is 5.98. The van der Waals surface area contributed by atoms with Crippen molar-refractivity contribution in [1.29, 1.82) is 0 Å². The summed E-state index contributed by atoms with van der Waals surface area (Å²) >= 11 is 0. The van der Waals surface area contributed by atoms with Gasteiger partial charge in [0.15, 0.2) is 6.61 Å². The molecule has 5 heteroatoms. The van der Waals surface area contributed by atoms with Gasteiger partial charge in [-0.05, 0) is 49.2 Å². The zero-order valence-electron chi connectivity index (χ0n) is 17.8. The number of nitrogens with zero attached hydrogens (tertiary/aromatic N) is 2. The Morgan fingerprint density at radius 3 is 2.23 bits per heavy atom. The first-order valence-electron chi connectivity index (χ1n) is 10.5. The summed E-state index contributed by atoms with van der Waals surface area (Å²) in [6.07, 6.45) is 0.641. The first-order chi connectivity index (χ1) is 15.1. The first-order valence-corrected chi connectivity index (χ1v) is 10.5. The minimum atomic E-state index is -0.148. The quantitative estimate of drug-likeness (QED) is 0.591. The molecular weight excluding hydrogens is 388 g/mol. The van der Waals surface area contributed by atoms with E-state index in [1.165, 1.54) is 0 Å². The molecule has 5 nitrogen and oxygen atoms in total. The summed E-state index contributed by atoms with van der Waals surface area (Å²) in [5, 5.41) is 0. The Kier molecular flexibility index (Phi) is 6.03. The fourth-order valence-corrected chi connectivity index (χ4v) is 4.31. The monoisotopic (exact) mass is 414 g/mol. The predicted octanol–water partition coefficient (Wildman–Crippen LogP) is 4.99. The van der Waals surface area contributed by atoms with Crippen molar-refractivity contribution in [3.63, 3.8) is 0 Å². The standard InChI is InChI=1S/C26H26N2O3/c1-19-17-25(28(20(2)29)21-11-5-3-6-12-21)23-15-9-10-16-24(23)27(19)26(30)18-31-22-13-7-4-8-14-22/h3-16,19,25H,17-18H2,1-2H3/t19-,25+/m0/s1. The van der Waals surface area contributed by atoms with Crippen molar-refractivity contribution in [2.75, 3.05) is 16.4 Å².